The molecule has 5 unspecified atom stereocenters. The first-order valence-electron chi connectivity index (χ1n) is 16.9. The van der Waals surface area contributed by atoms with Gasteiger partial charge in [-0.3, -0.25) is 4.98 Å². The summed E-state index contributed by atoms with van der Waals surface area (Å²) in [6.45, 7) is -1.09. The summed E-state index contributed by atoms with van der Waals surface area (Å²) in [4.78, 5) is 16.9. The van der Waals surface area contributed by atoms with E-state index in [-0.39, 0.29) is 30.7 Å². The molecule has 6 rings (SSSR count). The molecule has 16 heteroatoms. The fourth-order valence-electron chi connectivity index (χ4n) is 6.12. The smallest absolute Gasteiger partial charge is 0.315 e. The number of hydrogen-bond acceptors (Lipinski definition) is 11. The number of benzene rings is 2. The van der Waals surface area contributed by atoms with Gasteiger partial charge >= 0.3 is 6.03 Å². The van der Waals surface area contributed by atoms with Gasteiger partial charge in [0.25, 0.3) is 0 Å². The summed E-state index contributed by atoms with van der Waals surface area (Å²) in [7, 11) is -3.97. The van der Waals surface area contributed by atoms with Gasteiger partial charge in [-0.25, -0.2) is 13.2 Å². The second-order valence-electron chi connectivity index (χ2n) is 13.3. The molecule has 1 aliphatic heterocycles. The van der Waals surface area contributed by atoms with Crippen LogP contribution >= 0.6 is 11.6 Å². The number of aromatic nitrogens is 1. The van der Waals surface area contributed by atoms with Crippen molar-refractivity contribution in [3.8, 4) is 16.9 Å². The van der Waals surface area contributed by atoms with Crippen LogP contribution in [0.4, 0.5) is 4.79 Å². The highest BCUT2D eigenvalue weighted by molar-refractivity contribution is 7.89. The van der Waals surface area contributed by atoms with Crippen LogP contribution in [-0.2, 0) is 27.0 Å². The molecule has 3 fully saturated rings. The zero-order valence-electron chi connectivity index (χ0n) is 27.8. The SMILES string of the molecule is O=C(NCC(O)C(O)C(O)C(O)CO)NC1CCN(S(=O)(=O)c2ccc(Cl)c(COC3(c4cnccc4-c4ccccc4OC4CC4)CC3)c2)C1. The van der Waals surface area contributed by atoms with E-state index in [1.54, 1.807) is 6.20 Å². The van der Waals surface area contributed by atoms with E-state index in [0.29, 0.717) is 17.0 Å². The fourth-order valence-corrected chi connectivity index (χ4v) is 7.85. The van der Waals surface area contributed by atoms with Crippen LogP contribution in [0, 0.1) is 0 Å². The molecular formula is C35H43ClN4O10S. The van der Waals surface area contributed by atoms with Crippen LogP contribution in [0.5, 0.6) is 5.75 Å². The Balaban J connectivity index is 1.07. The molecule has 14 nitrogen and oxygen atoms in total. The van der Waals surface area contributed by atoms with Crippen LogP contribution in [0.3, 0.4) is 0 Å². The van der Waals surface area contributed by atoms with Gasteiger partial charge in [0.15, 0.2) is 0 Å². The number of aliphatic hydroxyl groups is 5. The van der Waals surface area contributed by atoms with Crippen molar-refractivity contribution >= 4 is 27.7 Å². The Morgan fingerprint density at radius 1 is 1.02 bits per heavy atom. The standard InChI is InChI=1S/C35H43ClN4O10S/c36-28-8-7-24(51(47,48)40-14-10-22(18-40)39-34(46)38-17-29(42)32(44)33(45)30(43)19-41)15-21(28)20-49-35(11-12-35)27-16-37-13-9-25(27)26-3-1-2-4-31(26)50-23-5-6-23/h1-4,7-9,13,15-16,22-23,29-30,32-33,41-45H,5-6,10-12,14,17-20H2,(H2,38,39,46). The molecule has 1 aromatic heterocycles. The van der Waals surface area contributed by atoms with Gasteiger partial charge in [0, 0.05) is 54.2 Å². The normalized spacial score (nSPS) is 21.0. The van der Waals surface area contributed by atoms with Crippen LogP contribution in [0.1, 0.15) is 43.2 Å². The number of aliphatic hydroxyl groups excluding tert-OH is 5. The molecule has 2 heterocycles. The maximum Gasteiger partial charge on any atom is 0.315 e. The van der Waals surface area contributed by atoms with E-state index in [0.717, 1.165) is 48.1 Å². The molecule has 5 atom stereocenters. The molecular weight excluding hydrogens is 704 g/mol. The Kier molecular flexibility index (Phi) is 11.5. The molecule has 2 aliphatic carbocycles. The van der Waals surface area contributed by atoms with Gasteiger partial charge < -0.3 is 45.6 Å². The van der Waals surface area contributed by atoms with Gasteiger partial charge in [0.2, 0.25) is 10.0 Å². The number of carbonyl (C=O) groups is 1. The molecule has 2 amide bonds. The van der Waals surface area contributed by atoms with Crippen molar-refractivity contribution in [1.82, 2.24) is 19.9 Å². The Morgan fingerprint density at radius 2 is 1.76 bits per heavy atom. The number of halogens is 1. The summed E-state index contributed by atoms with van der Waals surface area (Å²) in [6, 6.07) is 13.1. The topological polar surface area (TPSA) is 211 Å². The molecule has 2 aromatic carbocycles. The van der Waals surface area contributed by atoms with E-state index in [4.69, 9.17) is 26.2 Å². The highest BCUT2D eigenvalue weighted by atomic mass is 35.5. The minimum Gasteiger partial charge on any atom is -0.490 e. The largest absolute Gasteiger partial charge is 0.490 e. The summed E-state index contributed by atoms with van der Waals surface area (Å²) < 4.78 is 41.4. The predicted octanol–water partition coefficient (Wildman–Crippen LogP) is 1.65. The monoisotopic (exact) mass is 746 g/mol. The lowest BCUT2D eigenvalue weighted by Crippen LogP contribution is -2.51. The minimum atomic E-state index is -3.97. The Hall–Kier alpha value is -3.38. The van der Waals surface area contributed by atoms with Crippen molar-refractivity contribution in [1.29, 1.82) is 0 Å². The Bertz CT molecular complexity index is 1810. The maximum atomic E-state index is 13.7. The summed E-state index contributed by atoms with van der Waals surface area (Å²) in [5, 5.41) is 53.4. The van der Waals surface area contributed by atoms with E-state index < -0.39 is 65.3 Å². The Morgan fingerprint density at radius 3 is 2.49 bits per heavy atom. The quantitative estimate of drug-likeness (QED) is 0.112. The second-order valence-corrected chi connectivity index (χ2v) is 15.6. The number of para-hydroxylation sites is 1. The average molecular weight is 747 g/mol. The van der Waals surface area contributed by atoms with E-state index in [1.165, 1.54) is 22.5 Å². The third-order valence-electron chi connectivity index (χ3n) is 9.45. The molecule has 51 heavy (non-hydrogen) atoms. The number of urea groups is 1. The van der Waals surface area contributed by atoms with E-state index in [9.17, 15) is 33.6 Å². The first kappa shape index (κ1) is 37.4. The second kappa shape index (κ2) is 15.7. The van der Waals surface area contributed by atoms with Crippen LogP contribution in [0.2, 0.25) is 5.02 Å². The minimum absolute atomic E-state index is 0.00434. The van der Waals surface area contributed by atoms with Gasteiger partial charge in [-0.1, -0.05) is 29.8 Å². The zero-order valence-corrected chi connectivity index (χ0v) is 29.3. The van der Waals surface area contributed by atoms with Crippen molar-refractivity contribution in [3.63, 3.8) is 0 Å². The number of ether oxygens (including phenoxy) is 2. The third kappa shape index (κ3) is 8.64. The van der Waals surface area contributed by atoms with Gasteiger partial charge in [-0.2, -0.15) is 4.31 Å². The third-order valence-corrected chi connectivity index (χ3v) is 11.7. The molecule has 0 spiro atoms. The van der Waals surface area contributed by atoms with Crippen molar-refractivity contribution in [2.75, 3.05) is 26.2 Å². The number of sulfonamides is 1. The van der Waals surface area contributed by atoms with E-state index >= 15 is 0 Å². The number of hydrogen-bond donors (Lipinski definition) is 7. The molecule has 0 radical (unpaired) electrons. The van der Waals surface area contributed by atoms with Crippen LogP contribution in [0.25, 0.3) is 11.1 Å². The summed E-state index contributed by atoms with van der Waals surface area (Å²) in [5.74, 6) is 0.815. The van der Waals surface area contributed by atoms with Crippen molar-refractivity contribution in [2.24, 2.45) is 0 Å². The van der Waals surface area contributed by atoms with Gasteiger partial charge in [-0.05, 0) is 73.6 Å². The van der Waals surface area contributed by atoms with Gasteiger partial charge in [0.1, 0.15) is 24.1 Å². The molecule has 3 aliphatic rings. The summed E-state index contributed by atoms with van der Waals surface area (Å²) in [5.41, 5.74) is 2.76. The first-order chi connectivity index (χ1) is 24.4. The lowest BCUT2D eigenvalue weighted by Gasteiger charge is -2.26. The summed E-state index contributed by atoms with van der Waals surface area (Å²) in [6.07, 6.45) is 0.763. The van der Waals surface area contributed by atoms with E-state index in [1.807, 2.05) is 36.5 Å². The van der Waals surface area contributed by atoms with Gasteiger partial charge in [-0.15, -0.1) is 0 Å². The fraction of sp³-hybridized carbons (Fsp3) is 0.486. The van der Waals surface area contributed by atoms with Crippen molar-refractivity contribution in [3.05, 3.63) is 77.1 Å². The number of nitrogens with zero attached hydrogens (tertiary/aromatic N) is 2. The molecule has 7 N–H and O–H groups in total. The maximum absolute atomic E-state index is 13.7. The van der Waals surface area contributed by atoms with Gasteiger partial charge in [0.05, 0.1) is 35.9 Å². The zero-order chi connectivity index (χ0) is 36.3. The molecule has 2 saturated carbocycles. The van der Waals surface area contributed by atoms with E-state index in [2.05, 4.69) is 15.6 Å². The average Bonchev–Trinajstić information content (AvgIpc) is 4.07. The predicted molar refractivity (Wildman–Crippen MR) is 185 cm³/mol. The number of amides is 2. The lowest BCUT2D eigenvalue weighted by atomic mass is 9.96. The van der Waals surface area contributed by atoms with Crippen molar-refractivity contribution in [2.45, 2.75) is 85.8 Å². The number of pyridine rings is 1. The summed E-state index contributed by atoms with van der Waals surface area (Å²) >= 11 is 6.55. The molecule has 0 bridgehead atoms. The number of nitrogens with one attached hydrogen (secondary N) is 2. The van der Waals surface area contributed by atoms with Crippen LogP contribution < -0.4 is 15.4 Å². The van der Waals surface area contributed by atoms with Crippen LogP contribution in [-0.4, -0.2) is 112 Å². The highest BCUT2D eigenvalue weighted by Crippen LogP contribution is 2.53. The Labute approximate surface area is 301 Å². The molecule has 3 aromatic rings. The molecule has 276 valence electrons. The molecule has 1 saturated heterocycles. The number of rotatable bonds is 16. The number of carbonyl (C=O) groups excluding carboxylic acids is 1. The highest BCUT2D eigenvalue weighted by Gasteiger charge is 2.48. The van der Waals surface area contributed by atoms with Crippen molar-refractivity contribution < 1.29 is 48.2 Å². The van der Waals surface area contributed by atoms with Crippen LogP contribution in [0.15, 0.2) is 65.8 Å². The first-order valence-corrected chi connectivity index (χ1v) is 18.7. The lowest BCUT2D eigenvalue weighted by molar-refractivity contribution is -0.113.